The number of benzene rings is 1. The molecule has 0 aliphatic heterocycles. The highest BCUT2D eigenvalue weighted by Crippen LogP contribution is 2.13. The molecule has 0 saturated carbocycles. The van der Waals surface area contributed by atoms with Gasteiger partial charge in [-0.05, 0) is 42.5 Å². The van der Waals surface area contributed by atoms with Crippen molar-refractivity contribution in [3.05, 3.63) is 36.0 Å². The molecule has 3 heteroatoms. The smallest absolute Gasteiger partial charge is 0.0462 e. The van der Waals surface area contributed by atoms with Crippen molar-refractivity contribution in [2.24, 2.45) is 0 Å². The van der Waals surface area contributed by atoms with Gasteiger partial charge in [0.25, 0.3) is 0 Å². The maximum Gasteiger partial charge on any atom is 0.0462 e. The minimum absolute atomic E-state index is 0.857. The largest absolute Gasteiger partial charge is 0.385 e. The molecule has 0 atom stereocenters. The van der Waals surface area contributed by atoms with Crippen LogP contribution in [0.25, 0.3) is 10.9 Å². The summed E-state index contributed by atoms with van der Waals surface area (Å²) in [5.41, 5.74) is 2.54. The molecule has 0 unspecified atom stereocenters. The number of aromatic nitrogens is 1. The van der Waals surface area contributed by atoms with Crippen molar-refractivity contribution in [1.82, 2.24) is 10.3 Å². The van der Waals surface area contributed by atoms with E-state index in [1.807, 2.05) is 6.20 Å². The monoisotopic (exact) mass is 232 g/mol. The van der Waals surface area contributed by atoms with Gasteiger partial charge in [-0.2, -0.15) is 0 Å². The average molecular weight is 232 g/mol. The molecule has 0 amide bonds. The molecule has 92 valence electrons. The Kier molecular flexibility index (Phi) is 4.59. The van der Waals surface area contributed by atoms with Crippen molar-refractivity contribution in [2.75, 3.05) is 20.3 Å². The number of hydrogen-bond acceptors (Lipinski definition) is 2. The molecule has 0 aliphatic rings. The van der Waals surface area contributed by atoms with Crippen LogP contribution in [0.2, 0.25) is 0 Å². The molecule has 2 rings (SSSR count). The van der Waals surface area contributed by atoms with E-state index in [0.717, 1.165) is 26.1 Å². The first-order chi connectivity index (χ1) is 8.40. The third-order valence-electron chi connectivity index (χ3n) is 2.90. The Morgan fingerprint density at radius 1 is 1.24 bits per heavy atom. The van der Waals surface area contributed by atoms with Gasteiger partial charge in [-0.25, -0.2) is 0 Å². The zero-order valence-electron chi connectivity index (χ0n) is 10.3. The second-order valence-electron chi connectivity index (χ2n) is 4.28. The first kappa shape index (κ1) is 12.1. The highest BCUT2D eigenvalue weighted by atomic mass is 16.5. The van der Waals surface area contributed by atoms with Gasteiger partial charge < -0.3 is 15.0 Å². The Hall–Kier alpha value is -1.32. The molecular formula is C14H20N2O. The lowest BCUT2D eigenvalue weighted by atomic mass is 10.1. The predicted octanol–water partition coefficient (Wildman–Crippen LogP) is 2.68. The fraction of sp³-hybridized carbons (Fsp3) is 0.429. The fourth-order valence-electron chi connectivity index (χ4n) is 1.93. The van der Waals surface area contributed by atoms with Crippen LogP contribution in [0.5, 0.6) is 0 Å². The van der Waals surface area contributed by atoms with Gasteiger partial charge in [-0.1, -0.05) is 12.1 Å². The summed E-state index contributed by atoms with van der Waals surface area (Å²) >= 11 is 0. The van der Waals surface area contributed by atoms with Gasteiger partial charge in [0.1, 0.15) is 0 Å². The van der Waals surface area contributed by atoms with Crippen LogP contribution >= 0.6 is 0 Å². The van der Waals surface area contributed by atoms with E-state index in [0.29, 0.717) is 0 Å². The third-order valence-corrected chi connectivity index (χ3v) is 2.90. The van der Waals surface area contributed by atoms with Gasteiger partial charge in [-0.3, -0.25) is 0 Å². The van der Waals surface area contributed by atoms with Gasteiger partial charge in [0.2, 0.25) is 0 Å². The molecular weight excluding hydrogens is 212 g/mol. The SMILES string of the molecule is COCCCCNCc1ccc2cc[nH]c2c1. The van der Waals surface area contributed by atoms with Crippen molar-refractivity contribution in [3.63, 3.8) is 0 Å². The number of nitrogens with one attached hydrogen (secondary N) is 2. The number of methoxy groups -OCH3 is 1. The van der Waals surface area contributed by atoms with Crippen LogP contribution in [0.15, 0.2) is 30.5 Å². The van der Waals surface area contributed by atoms with Crippen molar-refractivity contribution in [2.45, 2.75) is 19.4 Å². The zero-order chi connectivity index (χ0) is 11.9. The van der Waals surface area contributed by atoms with E-state index in [9.17, 15) is 0 Å². The molecule has 2 N–H and O–H groups in total. The molecule has 1 aromatic carbocycles. The van der Waals surface area contributed by atoms with Crippen LogP contribution in [0.4, 0.5) is 0 Å². The maximum absolute atomic E-state index is 5.01. The minimum atomic E-state index is 0.857. The number of ether oxygens (including phenoxy) is 1. The molecule has 0 saturated heterocycles. The van der Waals surface area contributed by atoms with Gasteiger partial charge in [0.15, 0.2) is 0 Å². The Morgan fingerprint density at radius 2 is 2.18 bits per heavy atom. The molecule has 0 fully saturated rings. The Bertz CT molecular complexity index is 450. The van der Waals surface area contributed by atoms with E-state index in [1.54, 1.807) is 7.11 Å². The Balaban J connectivity index is 1.75. The van der Waals surface area contributed by atoms with Crippen LogP contribution in [0, 0.1) is 0 Å². The highest BCUT2D eigenvalue weighted by molar-refractivity contribution is 5.79. The second kappa shape index (κ2) is 6.42. The van der Waals surface area contributed by atoms with E-state index < -0.39 is 0 Å². The van der Waals surface area contributed by atoms with Crippen molar-refractivity contribution in [1.29, 1.82) is 0 Å². The lowest BCUT2D eigenvalue weighted by molar-refractivity contribution is 0.192. The summed E-state index contributed by atoms with van der Waals surface area (Å²) in [6, 6.07) is 8.64. The summed E-state index contributed by atoms with van der Waals surface area (Å²) in [6.07, 6.45) is 4.27. The summed E-state index contributed by atoms with van der Waals surface area (Å²) in [4.78, 5) is 3.23. The Labute approximate surface area is 102 Å². The van der Waals surface area contributed by atoms with Crippen LogP contribution < -0.4 is 5.32 Å². The molecule has 1 heterocycles. The molecule has 0 bridgehead atoms. The standard InChI is InChI=1S/C14H20N2O/c1-17-9-3-2-7-15-11-12-4-5-13-6-8-16-14(13)10-12/h4-6,8,10,15-16H,2-3,7,9,11H2,1H3. The summed E-state index contributed by atoms with van der Waals surface area (Å²) in [7, 11) is 1.75. The van der Waals surface area contributed by atoms with Crippen LogP contribution in [-0.2, 0) is 11.3 Å². The highest BCUT2D eigenvalue weighted by Gasteiger charge is 1.97. The van der Waals surface area contributed by atoms with E-state index >= 15 is 0 Å². The molecule has 0 spiro atoms. The fourth-order valence-corrected chi connectivity index (χ4v) is 1.93. The molecule has 3 nitrogen and oxygen atoms in total. The van der Waals surface area contributed by atoms with Gasteiger partial charge >= 0.3 is 0 Å². The molecule has 1 aromatic heterocycles. The number of unbranched alkanes of at least 4 members (excludes halogenated alkanes) is 1. The molecule has 0 aliphatic carbocycles. The van der Waals surface area contributed by atoms with Crippen LogP contribution in [0.1, 0.15) is 18.4 Å². The van der Waals surface area contributed by atoms with E-state index in [2.05, 4.69) is 34.6 Å². The summed E-state index contributed by atoms with van der Waals surface area (Å²) in [6.45, 7) is 2.84. The lowest BCUT2D eigenvalue weighted by Crippen LogP contribution is -2.15. The third kappa shape index (κ3) is 3.58. The number of hydrogen-bond donors (Lipinski definition) is 2. The van der Waals surface area contributed by atoms with Gasteiger partial charge in [0.05, 0.1) is 0 Å². The molecule has 0 radical (unpaired) electrons. The Morgan fingerprint density at radius 3 is 3.06 bits per heavy atom. The normalized spacial score (nSPS) is 11.1. The number of rotatable bonds is 7. The van der Waals surface area contributed by atoms with Gasteiger partial charge in [0, 0.05) is 32.0 Å². The summed E-state index contributed by atoms with van der Waals surface area (Å²) in [5, 5.41) is 4.72. The minimum Gasteiger partial charge on any atom is -0.385 e. The van der Waals surface area contributed by atoms with Crippen LogP contribution in [-0.4, -0.2) is 25.2 Å². The topological polar surface area (TPSA) is 37.0 Å². The van der Waals surface area contributed by atoms with Crippen molar-refractivity contribution < 1.29 is 4.74 Å². The average Bonchev–Trinajstić information content (AvgIpc) is 2.81. The number of fused-ring (bicyclic) bond motifs is 1. The van der Waals surface area contributed by atoms with Gasteiger partial charge in [-0.15, -0.1) is 0 Å². The zero-order valence-corrected chi connectivity index (χ0v) is 10.3. The first-order valence-electron chi connectivity index (χ1n) is 6.16. The van der Waals surface area contributed by atoms with E-state index in [4.69, 9.17) is 4.74 Å². The van der Waals surface area contributed by atoms with E-state index in [-0.39, 0.29) is 0 Å². The van der Waals surface area contributed by atoms with Crippen LogP contribution in [0.3, 0.4) is 0 Å². The summed E-state index contributed by atoms with van der Waals surface area (Å²) < 4.78 is 5.01. The number of aromatic amines is 1. The molecule has 17 heavy (non-hydrogen) atoms. The van der Waals surface area contributed by atoms with Crippen molar-refractivity contribution in [3.8, 4) is 0 Å². The molecule has 2 aromatic rings. The van der Waals surface area contributed by atoms with E-state index in [1.165, 1.54) is 22.9 Å². The maximum atomic E-state index is 5.01. The second-order valence-corrected chi connectivity index (χ2v) is 4.28. The quantitative estimate of drug-likeness (QED) is 0.720. The first-order valence-corrected chi connectivity index (χ1v) is 6.16. The lowest BCUT2D eigenvalue weighted by Gasteiger charge is -2.05. The van der Waals surface area contributed by atoms with Crippen molar-refractivity contribution >= 4 is 10.9 Å². The predicted molar refractivity (Wildman–Crippen MR) is 71.1 cm³/mol. The number of H-pyrrole nitrogens is 1. The summed E-state index contributed by atoms with van der Waals surface area (Å²) in [5.74, 6) is 0.